The van der Waals surface area contributed by atoms with E-state index in [1.165, 1.54) is 0 Å². The van der Waals surface area contributed by atoms with E-state index in [1.54, 1.807) is 0 Å². The molecule has 0 fully saturated rings. The van der Waals surface area contributed by atoms with Gasteiger partial charge in [0.1, 0.15) is 12.1 Å². The van der Waals surface area contributed by atoms with Gasteiger partial charge in [0, 0.05) is 6.42 Å². The quantitative estimate of drug-likeness (QED) is 0.112. The van der Waals surface area contributed by atoms with Crippen LogP contribution in [0, 0.1) is 0 Å². The molecular weight excluding hydrogens is 472 g/mol. The third-order valence-corrected chi connectivity index (χ3v) is 4.58. The van der Waals surface area contributed by atoms with E-state index in [0.29, 0.717) is 0 Å². The number of primary amides is 2. The van der Waals surface area contributed by atoms with Crippen LogP contribution in [0.5, 0.6) is 0 Å². The fourth-order valence-electron chi connectivity index (χ4n) is 2.77. The van der Waals surface area contributed by atoms with E-state index < -0.39 is 73.0 Å². The smallest absolute Gasteiger partial charge is 0.328 e. The van der Waals surface area contributed by atoms with Gasteiger partial charge in [-0.2, -0.15) is 4.98 Å². The van der Waals surface area contributed by atoms with Crippen molar-refractivity contribution in [1.29, 1.82) is 0 Å². The van der Waals surface area contributed by atoms with Crippen molar-refractivity contribution in [3.63, 3.8) is 0 Å². The monoisotopic (exact) mass is 502 g/mol. The summed E-state index contributed by atoms with van der Waals surface area (Å²) in [6.07, 6.45) is -2.10. The number of aliphatic carboxylic acids is 1. The van der Waals surface area contributed by atoms with Crippen LogP contribution in [-0.2, 0) is 19.2 Å². The van der Waals surface area contributed by atoms with Crippen LogP contribution in [0.15, 0.2) is 4.52 Å². The van der Waals surface area contributed by atoms with Gasteiger partial charge in [0.25, 0.3) is 0 Å². The minimum atomic E-state index is -1.67. The van der Waals surface area contributed by atoms with Crippen LogP contribution in [0.1, 0.15) is 56.4 Å². The first kappa shape index (κ1) is 29.2. The Balaban J connectivity index is 3.01. The van der Waals surface area contributed by atoms with Crippen LogP contribution in [0.2, 0.25) is 0 Å². The van der Waals surface area contributed by atoms with Gasteiger partial charge in [0.2, 0.25) is 23.6 Å². The number of hydrogen-bond donors (Lipinski definition) is 9. The maximum atomic E-state index is 12.6. The van der Waals surface area contributed by atoms with Gasteiger partial charge in [0.15, 0.2) is 11.9 Å². The molecule has 1 heterocycles. The van der Waals surface area contributed by atoms with E-state index >= 15 is 0 Å². The number of carbonyl (C=O) groups excluding carboxylic acids is 4. The molecule has 1 unspecified atom stereocenters. The highest BCUT2D eigenvalue weighted by molar-refractivity contribution is 5.90. The number of aromatic nitrogens is 2. The van der Waals surface area contributed by atoms with Crippen molar-refractivity contribution in [2.24, 2.45) is 17.2 Å². The lowest BCUT2D eigenvalue weighted by atomic mass is 10.1. The highest BCUT2D eigenvalue weighted by atomic mass is 16.5. The van der Waals surface area contributed by atoms with Crippen LogP contribution in [0.3, 0.4) is 0 Å². The van der Waals surface area contributed by atoms with Crippen molar-refractivity contribution in [1.82, 2.24) is 26.1 Å². The molecule has 1 rings (SSSR count). The molecule has 0 saturated carbocycles. The van der Waals surface area contributed by atoms with Gasteiger partial charge in [-0.3, -0.25) is 14.4 Å². The van der Waals surface area contributed by atoms with Crippen molar-refractivity contribution in [3.05, 3.63) is 11.7 Å². The summed E-state index contributed by atoms with van der Waals surface area (Å²) in [5, 5.41) is 38.1. The highest BCUT2D eigenvalue weighted by Crippen LogP contribution is 2.16. The second-order valence-corrected chi connectivity index (χ2v) is 7.60. The van der Waals surface area contributed by atoms with Crippen LogP contribution < -0.4 is 33.2 Å². The molecule has 17 nitrogen and oxygen atoms in total. The minimum absolute atomic E-state index is 0.0664. The van der Waals surface area contributed by atoms with Crippen LogP contribution in [0.4, 0.5) is 4.79 Å². The van der Waals surface area contributed by atoms with Crippen LogP contribution >= 0.6 is 0 Å². The number of carboxylic acids is 1. The maximum absolute atomic E-state index is 12.6. The molecular formula is C18H30N8O9. The summed E-state index contributed by atoms with van der Waals surface area (Å²) in [4.78, 5) is 62.9. The number of hydrogen-bond acceptors (Lipinski definition) is 11. The Morgan fingerprint density at radius 3 is 2.26 bits per heavy atom. The lowest BCUT2D eigenvalue weighted by Crippen LogP contribution is -2.56. The predicted octanol–water partition coefficient (Wildman–Crippen LogP) is -3.75. The second-order valence-electron chi connectivity index (χ2n) is 7.60. The summed E-state index contributed by atoms with van der Waals surface area (Å²) >= 11 is 0. The molecule has 5 atom stereocenters. The number of carbonyl (C=O) groups is 5. The van der Waals surface area contributed by atoms with Gasteiger partial charge in [0.05, 0.1) is 25.2 Å². The zero-order valence-corrected chi connectivity index (χ0v) is 18.8. The SMILES string of the molecule is CC(O)[C@H](NC(=O)[C@H](CCCC(N)=O)NC(=O)N[C@@H](CC(N)=O)c1nc([C@@H](N)CO)no1)C(=O)O. The fraction of sp³-hybridized carbons (Fsp3) is 0.611. The van der Waals surface area contributed by atoms with Crippen molar-refractivity contribution < 1.29 is 43.8 Å². The first-order chi connectivity index (χ1) is 16.3. The number of aliphatic hydroxyl groups excluding tert-OH is 2. The number of aliphatic hydroxyl groups is 2. The van der Waals surface area contributed by atoms with Crippen molar-refractivity contribution in [2.75, 3.05) is 6.61 Å². The van der Waals surface area contributed by atoms with Gasteiger partial charge < -0.3 is 53.0 Å². The molecule has 0 aliphatic heterocycles. The third-order valence-electron chi connectivity index (χ3n) is 4.58. The average molecular weight is 502 g/mol. The van der Waals surface area contributed by atoms with Gasteiger partial charge in [-0.25, -0.2) is 9.59 Å². The fourth-order valence-corrected chi connectivity index (χ4v) is 2.77. The predicted molar refractivity (Wildman–Crippen MR) is 115 cm³/mol. The zero-order chi connectivity index (χ0) is 26.7. The molecule has 0 radical (unpaired) electrons. The number of nitrogens with two attached hydrogens (primary N) is 3. The number of nitrogens with zero attached hydrogens (tertiary/aromatic N) is 2. The topological polar surface area (TPSA) is 299 Å². The molecule has 0 saturated heterocycles. The van der Waals surface area contributed by atoms with E-state index in [1.807, 2.05) is 0 Å². The lowest BCUT2D eigenvalue weighted by molar-refractivity contribution is -0.145. The van der Waals surface area contributed by atoms with Crippen LogP contribution in [-0.4, -0.2) is 80.0 Å². The van der Waals surface area contributed by atoms with E-state index in [4.69, 9.17) is 31.9 Å². The lowest BCUT2D eigenvalue weighted by Gasteiger charge is -2.23. The number of amides is 5. The number of carboxylic acid groups (broad SMARTS) is 1. The number of rotatable bonds is 15. The summed E-state index contributed by atoms with van der Waals surface area (Å²) in [7, 11) is 0. The van der Waals surface area contributed by atoms with Crippen molar-refractivity contribution in [3.8, 4) is 0 Å². The van der Waals surface area contributed by atoms with E-state index in [0.717, 1.165) is 6.92 Å². The summed E-state index contributed by atoms with van der Waals surface area (Å²) in [5.74, 6) is -4.33. The molecule has 0 bridgehead atoms. The van der Waals surface area contributed by atoms with Gasteiger partial charge in [-0.05, 0) is 19.8 Å². The Kier molecular flexibility index (Phi) is 11.5. The average Bonchev–Trinajstić information content (AvgIpc) is 3.24. The number of nitrogens with one attached hydrogen (secondary N) is 3. The van der Waals surface area contributed by atoms with Crippen molar-refractivity contribution >= 4 is 29.7 Å². The Labute approximate surface area is 198 Å². The first-order valence-corrected chi connectivity index (χ1v) is 10.4. The van der Waals surface area contributed by atoms with Crippen molar-refractivity contribution in [2.45, 2.75) is 62.9 Å². The molecule has 0 aliphatic carbocycles. The summed E-state index contributed by atoms with van der Waals surface area (Å²) in [6, 6.07) is -6.25. The molecule has 0 aliphatic rings. The molecule has 0 spiro atoms. The standard InChI is InChI=1S/C18H30N8O9/c1-7(28)13(17(32)33)24-15(31)9(3-2-4-11(20)29)22-18(34)23-10(5-12(21)30)16-25-14(26-35-16)8(19)6-27/h7-10,13,27-28H,2-6,19H2,1H3,(H2,20,29)(H2,21,30)(H,24,31)(H,32,33)(H2,22,23,34)/t7?,8-,9-,10-,13-/m0/s1. The van der Waals surface area contributed by atoms with Crippen LogP contribution in [0.25, 0.3) is 0 Å². The van der Waals surface area contributed by atoms with E-state index in [-0.39, 0.29) is 31.0 Å². The highest BCUT2D eigenvalue weighted by Gasteiger charge is 2.31. The molecule has 12 N–H and O–H groups in total. The largest absolute Gasteiger partial charge is 0.480 e. The summed E-state index contributed by atoms with van der Waals surface area (Å²) < 4.78 is 4.97. The molecule has 1 aromatic rings. The van der Waals surface area contributed by atoms with Gasteiger partial charge in [-0.15, -0.1) is 0 Å². The Morgan fingerprint density at radius 2 is 1.74 bits per heavy atom. The first-order valence-electron chi connectivity index (χ1n) is 10.4. The zero-order valence-electron chi connectivity index (χ0n) is 18.8. The van der Waals surface area contributed by atoms with E-state index in [9.17, 15) is 29.1 Å². The molecule has 17 heteroatoms. The molecule has 196 valence electrons. The maximum Gasteiger partial charge on any atom is 0.328 e. The number of urea groups is 1. The molecule has 35 heavy (non-hydrogen) atoms. The Bertz CT molecular complexity index is 906. The second kappa shape index (κ2) is 13.8. The molecule has 1 aromatic heterocycles. The normalized spacial score (nSPS) is 15.2. The summed E-state index contributed by atoms with van der Waals surface area (Å²) in [6.45, 7) is 0.649. The Morgan fingerprint density at radius 1 is 1.09 bits per heavy atom. The van der Waals surface area contributed by atoms with Gasteiger partial charge in [-0.1, -0.05) is 5.16 Å². The molecule has 0 aromatic carbocycles. The Hall–Kier alpha value is -3.83. The third kappa shape index (κ3) is 9.90. The minimum Gasteiger partial charge on any atom is -0.480 e. The molecule has 5 amide bonds. The summed E-state index contributed by atoms with van der Waals surface area (Å²) in [5.41, 5.74) is 15.9. The van der Waals surface area contributed by atoms with Gasteiger partial charge >= 0.3 is 12.0 Å². The van der Waals surface area contributed by atoms with E-state index in [2.05, 4.69) is 26.1 Å².